The van der Waals surface area contributed by atoms with E-state index in [2.05, 4.69) is 34.7 Å². The molecule has 1 aromatic rings. The van der Waals surface area contributed by atoms with E-state index in [4.69, 9.17) is 4.74 Å². The average Bonchev–Trinajstić information content (AvgIpc) is 3.03. The van der Waals surface area contributed by atoms with Gasteiger partial charge in [-0.3, -0.25) is 9.69 Å². The molecule has 1 aliphatic heterocycles. The Labute approximate surface area is 135 Å². The van der Waals surface area contributed by atoms with Gasteiger partial charge in [-0.15, -0.1) is 0 Å². The van der Waals surface area contributed by atoms with Crippen LogP contribution in [0.5, 0.6) is 5.75 Å². The summed E-state index contributed by atoms with van der Waals surface area (Å²) in [7, 11) is 1.65. The lowest BCUT2D eigenvalue weighted by molar-refractivity contribution is -0.129. The lowest BCUT2D eigenvalue weighted by atomic mass is 9.87. The molecule has 0 radical (unpaired) electrons. The number of ether oxygens (including phenoxy) is 1. The highest BCUT2D eigenvalue weighted by atomic mass is 79.9. The van der Waals surface area contributed by atoms with Gasteiger partial charge in [0.2, 0.25) is 0 Å². The van der Waals surface area contributed by atoms with Crippen molar-refractivity contribution >= 4 is 21.7 Å². The molecule has 2 rings (SSSR count). The quantitative estimate of drug-likeness (QED) is 0.778. The van der Waals surface area contributed by atoms with Crippen molar-refractivity contribution in [3.05, 3.63) is 28.2 Å². The molecular weight excluding hydrogens is 330 g/mol. The van der Waals surface area contributed by atoms with Crippen LogP contribution in [0.2, 0.25) is 0 Å². The SMILES string of the molecule is CCC(C)(C(=O)Cc1cc(OC)ccc1Br)N1CCCC1. The standard InChI is InChI=1S/C17H24BrNO2/c1-4-17(2,19-9-5-6-10-19)16(20)12-13-11-14(21-3)7-8-15(13)18/h7-8,11H,4-6,9-10,12H2,1-3H3. The Morgan fingerprint density at radius 3 is 2.62 bits per heavy atom. The largest absolute Gasteiger partial charge is 0.497 e. The van der Waals surface area contributed by atoms with Crippen LogP contribution in [0.25, 0.3) is 0 Å². The van der Waals surface area contributed by atoms with Crippen molar-refractivity contribution in [1.82, 2.24) is 4.90 Å². The third-order valence-electron chi connectivity index (χ3n) is 4.70. The van der Waals surface area contributed by atoms with Crippen molar-refractivity contribution in [2.75, 3.05) is 20.2 Å². The van der Waals surface area contributed by atoms with Crippen LogP contribution in [0, 0.1) is 0 Å². The van der Waals surface area contributed by atoms with Gasteiger partial charge in [0, 0.05) is 10.9 Å². The Kier molecular flexibility index (Phi) is 5.44. The first kappa shape index (κ1) is 16.5. The van der Waals surface area contributed by atoms with Gasteiger partial charge in [-0.2, -0.15) is 0 Å². The number of carbonyl (C=O) groups excluding carboxylic acids is 1. The summed E-state index contributed by atoms with van der Waals surface area (Å²) in [6.07, 6.45) is 3.70. The lowest BCUT2D eigenvalue weighted by Crippen LogP contribution is -2.51. The van der Waals surface area contributed by atoms with Crippen LogP contribution in [0.15, 0.2) is 22.7 Å². The van der Waals surface area contributed by atoms with Gasteiger partial charge in [0.05, 0.1) is 12.6 Å². The second kappa shape index (κ2) is 6.93. The summed E-state index contributed by atoms with van der Waals surface area (Å²) in [5.41, 5.74) is 0.650. The Morgan fingerprint density at radius 1 is 1.38 bits per heavy atom. The highest BCUT2D eigenvalue weighted by Gasteiger charge is 2.38. The van der Waals surface area contributed by atoms with E-state index in [0.29, 0.717) is 12.2 Å². The van der Waals surface area contributed by atoms with Gasteiger partial charge < -0.3 is 4.74 Å². The summed E-state index contributed by atoms with van der Waals surface area (Å²) in [5.74, 6) is 1.08. The second-order valence-corrected chi connectivity index (χ2v) is 6.73. The van der Waals surface area contributed by atoms with E-state index in [1.54, 1.807) is 7.11 Å². The van der Waals surface area contributed by atoms with Gasteiger partial charge in [0.1, 0.15) is 5.75 Å². The van der Waals surface area contributed by atoms with Crippen LogP contribution in [0.4, 0.5) is 0 Å². The maximum absolute atomic E-state index is 12.9. The van der Waals surface area contributed by atoms with E-state index in [9.17, 15) is 4.79 Å². The number of Topliss-reactive ketones (excluding diaryl/α,β-unsaturated/α-hetero) is 1. The fourth-order valence-corrected chi connectivity index (χ4v) is 3.37. The highest BCUT2D eigenvalue weighted by Crippen LogP contribution is 2.29. The monoisotopic (exact) mass is 353 g/mol. The molecule has 1 fully saturated rings. The van der Waals surface area contributed by atoms with Crippen LogP contribution in [0.3, 0.4) is 0 Å². The van der Waals surface area contributed by atoms with Crippen LogP contribution >= 0.6 is 15.9 Å². The third-order valence-corrected chi connectivity index (χ3v) is 5.47. The van der Waals surface area contributed by atoms with Gasteiger partial charge in [-0.05, 0) is 63.0 Å². The van der Waals surface area contributed by atoms with Gasteiger partial charge in [-0.25, -0.2) is 0 Å². The number of halogens is 1. The molecule has 0 aliphatic carbocycles. The molecule has 1 aliphatic rings. The van der Waals surface area contributed by atoms with Crippen LogP contribution < -0.4 is 4.74 Å². The number of hydrogen-bond donors (Lipinski definition) is 0. The van der Waals surface area contributed by atoms with Gasteiger partial charge in [0.15, 0.2) is 5.78 Å². The molecule has 1 unspecified atom stereocenters. The molecular formula is C17H24BrNO2. The average molecular weight is 354 g/mol. The summed E-state index contributed by atoms with van der Waals surface area (Å²) in [6, 6.07) is 5.79. The summed E-state index contributed by atoms with van der Waals surface area (Å²) < 4.78 is 6.23. The molecule has 21 heavy (non-hydrogen) atoms. The first-order valence-electron chi connectivity index (χ1n) is 7.62. The molecule has 0 amide bonds. The predicted octanol–water partition coefficient (Wildman–Crippen LogP) is 3.83. The number of ketones is 1. The first-order valence-corrected chi connectivity index (χ1v) is 8.41. The fraction of sp³-hybridized carbons (Fsp3) is 0.588. The zero-order valence-corrected chi connectivity index (χ0v) is 14.7. The summed E-state index contributed by atoms with van der Waals surface area (Å²) in [5, 5.41) is 0. The van der Waals surface area contributed by atoms with Crippen molar-refractivity contribution in [3.63, 3.8) is 0 Å². The summed E-state index contributed by atoms with van der Waals surface area (Å²) >= 11 is 3.54. The zero-order chi connectivity index (χ0) is 15.5. The number of carbonyl (C=O) groups is 1. The molecule has 0 saturated carbocycles. The zero-order valence-electron chi connectivity index (χ0n) is 13.1. The van der Waals surface area contributed by atoms with E-state index in [1.807, 2.05) is 18.2 Å². The van der Waals surface area contributed by atoms with E-state index >= 15 is 0 Å². The van der Waals surface area contributed by atoms with Crippen molar-refractivity contribution < 1.29 is 9.53 Å². The van der Waals surface area contributed by atoms with Crippen molar-refractivity contribution in [2.24, 2.45) is 0 Å². The normalized spacial score (nSPS) is 18.5. The van der Waals surface area contributed by atoms with E-state index in [1.165, 1.54) is 12.8 Å². The maximum Gasteiger partial charge on any atom is 0.157 e. The summed E-state index contributed by atoms with van der Waals surface area (Å²) in [4.78, 5) is 15.3. The van der Waals surface area contributed by atoms with Gasteiger partial charge in [-0.1, -0.05) is 22.9 Å². The molecule has 0 spiro atoms. The Bertz CT molecular complexity index is 512. The second-order valence-electron chi connectivity index (χ2n) is 5.88. The lowest BCUT2D eigenvalue weighted by Gasteiger charge is -2.36. The summed E-state index contributed by atoms with van der Waals surface area (Å²) in [6.45, 7) is 6.27. The Balaban J connectivity index is 2.19. The Morgan fingerprint density at radius 2 is 2.05 bits per heavy atom. The minimum absolute atomic E-state index is 0.292. The van der Waals surface area contributed by atoms with E-state index < -0.39 is 0 Å². The van der Waals surface area contributed by atoms with Crippen molar-refractivity contribution in [2.45, 2.75) is 45.1 Å². The molecule has 0 N–H and O–H groups in total. The molecule has 116 valence electrons. The van der Waals surface area contributed by atoms with Crippen molar-refractivity contribution in [3.8, 4) is 5.75 Å². The number of hydrogen-bond acceptors (Lipinski definition) is 3. The Hall–Kier alpha value is -0.870. The first-order chi connectivity index (χ1) is 10.0. The number of nitrogens with zero attached hydrogens (tertiary/aromatic N) is 1. The molecule has 4 heteroatoms. The van der Waals surface area contributed by atoms with Gasteiger partial charge in [0.25, 0.3) is 0 Å². The number of likely N-dealkylation sites (tertiary alicyclic amines) is 1. The van der Waals surface area contributed by atoms with E-state index in [0.717, 1.165) is 35.3 Å². The number of methoxy groups -OCH3 is 1. The molecule has 1 heterocycles. The van der Waals surface area contributed by atoms with Gasteiger partial charge >= 0.3 is 0 Å². The predicted molar refractivity (Wildman–Crippen MR) is 88.9 cm³/mol. The topological polar surface area (TPSA) is 29.5 Å². The van der Waals surface area contributed by atoms with Crippen molar-refractivity contribution in [1.29, 1.82) is 0 Å². The maximum atomic E-state index is 12.9. The minimum atomic E-state index is -0.348. The fourth-order valence-electron chi connectivity index (χ4n) is 2.98. The van der Waals surface area contributed by atoms with Crippen LogP contribution in [0.1, 0.15) is 38.7 Å². The van der Waals surface area contributed by atoms with E-state index in [-0.39, 0.29) is 5.54 Å². The van der Waals surface area contributed by atoms with Crippen LogP contribution in [-0.2, 0) is 11.2 Å². The molecule has 3 nitrogen and oxygen atoms in total. The third kappa shape index (κ3) is 3.49. The smallest absolute Gasteiger partial charge is 0.157 e. The molecule has 1 saturated heterocycles. The van der Waals surface area contributed by atoms with Crippen LogP contribution in [-0.4, -0.2) is 36.4 Å². The number of benzene rings is 1. The molecule has 0 bridgehead atoms. The highest BCUT2D eigenvalue weighted by molar-refractivity contribution is 9.10. The molecule has 0 aromatic heterocycles. The molecule has 1 aromatic carbocycles. The number of rotatable bonds is 6. The molecule has 1 atom stereocenters. The minimum Gasteiger partial charge on any atom is -0.497 e.